The number of amides is 1. The van der Waals surface area contributed by atoms with Crippen molar-refractivity contribution in [2.75, 3.05) is 11.9 Å². The van der Waals surface area contributed by atoms with Crippen molar-refractivity contribution in [3.05, 3.63) is 29.8 Å². The maximum atomic E-state index is 11.9. The number of hydrogen-bond donors (Lipinski definition) is 2. The minimum Gasteiger partial charge on any atom is -0.389 e. The average molecular weight is 306 g/mol. The van der Waals surface area contributed by atoms with E-state index in [0.717, 1.165) is 18.4 Å². The third kappa shape index (κ3) is 5.44. The summed E-state index contributed by atoms with van der Waals surface area (Å²) < 4.78 is 5.75. The number of carbonyl (C=O) groups excluding carboxylic acids is 1. The van der Waals surface area contributed by atoms with Gasteiger partial charge in [-0.25, -0.2) is 0 Å². The Kier molecular flexibility index (Phi) is 6.14. The molecule has 0 aromatic heterocycles. The van der Waals surface area contributed by atoms with Crippen molar-refractivity contribution >= 4 is 28.8 Å². The summed E-state index contributed by atoms with van der Waals surface area (Å²) >= 11 is 4.92. The first-order chi connectivity index (χ1) is 10.1. The number of nitrogens with one attached hydrogen (secondary N) is 1. The van der Waals surface area contributed by atoms with Gasteiger partial charge in [0.05, 0.1) is 19.1 Å². The van der Waals surface area contributed by atoms with Gasteiger partial charge in [0.2, 0.25) is 5.91 Å². The summed E-state index contributed by atoms with van der Waals surface area (Å²) in [6.07, 6.45) is 6.73. The van der Waals surface area contributed by atoms with E-state index in [4.69, 9.17) is 22.7 Å². The van der Waals surface area contributed by atoms with Crippen LogP contribution in [0.15, 0.2) is 24.3 Å². The molecule has 1 aromatic carbocycles. The van der Waals surface area contributed by atoms with Gasteiger partial charge in [-0.1, -0.05) is 43.6 Å². The van der Waals surface area contributed by atoms with Gasteiger partial charge < -0.3 is 15.8 Å². The van der Waals surface area contributed by atoms with Crippen LogP contribution in [0.5, 0.6) is 0 Å². The lowest BCUT2D eigenvalue weighted by Crippen LogP contribution is -2.20. The lowest BCUT2D eigenvalue weighted by molar-refractivity contribution is -0.117. The van der Waals surface area contributed by atoms with Gasteiger partial charge in [0.1, 0.15) is 4.99 Å². The highest BCUT2D eigenvalue weighted by Gasteiger charge is 2.14. The third-order valence-corrected chi connectivity index (χ3v) is 3.90. The molecule has 5 heteroatoms. The highest BCUT2D eigenvalue weighted by molar-refractivity contribution is 7.80. The predicted octanol–water partition coefficient (Wildman–Crippen LogP) is 3.00. The summed E-state index contributed by atoms with van der Waals surface area (Å²) in [6.45, 7) is 0.478. The Morgan fingerprint density at radius 2 is 2.10 bits per heavy atom. The molecule has 1 saturated carbocycles. The number of anilines is 1. The Labute approximate surface area is 131 Å². The van der Waals surface area contributed by atoms with Crippen LogP contribution in [0.4, 0.5) is 5.69 Å². The van der Waals surface area contributed by atoms with Gasteiger partial charge in [0.15, 0.2) is 0 Å². The van der Waals surface area contributed by atoms with Crippen molar-refractivity contribution in [3.63, 3.8) is 0 Å². The molecule has 3 N–H and O–H groups in total. The Morgan fingerprint density at radius 1 is 1.33 bits per heavy atom. The molecule has 0 saturated heterocycles. The Hall–Kier alpha value is -1.46. The summed E-state index contributed by atoms with van der Waals surface area (Å²) in [5, 5.41) is 2.84. The fraction of sp³-hybridized carbons (Fsp3) is 0.500. The molecule has 0 atom stereocenters. The van der Waals surface area contributed by atoms with Crippen LogP contribution in [0.1, 0.15) is 44.1 Å². The van der Waals surface area contributed by atoms with E-state index < -0.39 is 0 Å². The summed E-state index contributed by atoms with van der Waals surface area (Å²) in [5.74, 6) is -0.0501. The molecule has 1 aromatic rings. The van der Waals surface area contributed by atoms with Crippen LogP contribution in [0.2, 0.25) is 0 Å². The lowest BCUT2D eigenvalue weighted by atomic mass is 9.98. The maximum Gasteiger partial charge on any atom is 0.226 e. The van der Waals surface area contributed by atoms with E-state index in [1.165, 1.54) is 19.3 Å². The molecule has 114 valence electrons. The van der Waals surface area contributed by atoms with E-state index in [9.17, 15) is 4.79 Å². The number of ether oxygens (including phenoxy) is 1. The fourth-order valence-corrected chi connectivity index (χ4v) is 2.65. The molecule has 1 aliphatic carbocycles. The fourth-order valence-electron chi connectivity index (χ4n) is 2.52. The highest BCUT2D eigenvalue weighted by atomic mass is 32.1. The van der Waals surface area contributed by atoms with Crippen molar-refractivity contribution in [1.82, 2.24) is 0 Å². The molecule has 0 unspecified atom stereocenters. The van der Waals surface area contributed by atoms with Crippen LogP contribution in [0.3, 0.4) is 0 Å². The molecule has 1 amide bonds. The molecule has 4 nitrogen and oxygen atoms in total. The van der Waals surface area contributed by atoms with Crippen LogP contribution >= 0.6 is 12.2 Å². The predicted molar refractivity (Wildman–Crippen MR) is 88.4 cm³/mol. The number of nitrogens with two attached hydrogens (primary N) is 1. The molecule has 0 bridgehead atoms. The standard InChI is InChI=1S/C16H22N2O2S/c17-16(21)12-5-4-6-13(11-12)18-15(19)9-10-20-14-7-2-1-3-8-14/h4-6,11,14H,1-3,7-10H2,(H2,17,21)(H,18,19). The first kappa shape index (κ1) is 15.9. The Balaban J connectivity index is 1.73. The minimum absolute atomic E-state index is 0.0501. The molecule has 1 fully saturated rings. The van der Waals surface area contributed by atoms with E-state index in [1.807, 2.05) is 18.2 Å². The van der Waals surface area contributed by atoms with Gasteiger partial charge in [0.25, 0.3) is 0 Å². The SMILES string of the molecule is NC(=S)c1cccc(NC(=O)CCOC2CCCCC2)c1. The van der Waals surface area contributed by atoms with E-state index in [0.29, 0.717) is 29.8 Å². The zero-order chi connectivity index (χ0) is 15.1. The largest absolute Gasteiger partial charge is 0.389 e. The number of rotatable bonds is 6. The van der Waals surface area contributed by atoms with Gasteiger partial charge in [0, 0.05) is 11.3 Å². The number of benzene rings is 1. The second-order valence-corrected chi connectivity index (χ2v) is 5.81. The topological polar surface area (TPSA) is 64.3 Å². The monoisotopic (exact) mass is 306 g/mol. The van der Waals surface area contributed by atoms with Crippen molar-refractivity contribution in [2.24, 2.45) is 5.73 Å². The average Bonchev–Trinajstić information content (AvgIpc) is 2.48. The van der Waals surface area contributed by atoms with Crippen molar-refractivity contribution in [2.45, 2.75) is 44.6 Å². The van der Waals surface area contributed by atoms with Crippen LogP contribution < -0.4 is 11.1 Å². The van der Waals surface area contributed by atoms with Crippen LogP contribution in [0.25, 0.3) is 0 Å². The molecule has 21 heavy (non-hydrogen) atoms. The van der Waals surface area contributed by atoms with Crippen LogP contribution in [0, 0.1) is 0 Å². The van der Waals surface area contributed by atoms with Gasteiger partial charge in [-0.15, -0.1) is 0 Å². The molecule has 0 heterocycles. The minimum atomic E-state index is -0.0501. The molecule has 0 radical (unpaired) electrons. The Morgan fingerprint density at radius 3 is 2.81 bits per heavy atom. The Bertz CT molecular complexity index is 499. The summed E-state index contributed by atoms with van der Waals surface area (Å²) in [5.41, 5.74) is 7.04. The number of carbonyl (C=O) groups is 1. The highest BCUT2D eigenvalue weighted by Crippen LogP contribution is 2.20. The van der Waals surface area contributed by atoms with Crippen molar-refractivity contribution in [3.8, 4) is 0 Å². The third-order valence-electron chi connectivity index (χ3n) is 3.67. The maximum absolute atomic E-state index is 11.9. The van der Waals surface area contributed by atoms with Gasteiger partial charge in [-0.3, -0.25) is 4.79 Å². The number of hydrogen-bond acceptors (Lipinski definition) is 3. The van der Waals surface area contributed by atoms with E-state index in [1.54, 1.807) is 6.07 Å². The summed E-state index contributed by atoms with van der Waals surface area (Å²) in [4.78, 5) is 12.2. The normalized spacial score (nSPS) is 15.6. The molecular weight excluding hydrogens is 284 g/mol. The smallest absolute Gasteiger partial charge is 0.226 e. The molecular formula is C16H22N2O2S. The zero-order valence-electron chi connectivity index (χ0n) is 12.1. The first-order valence-electron chi connectivity index (χ1n) is 7.46. The molecule has 0 spiro atoms. The van der Waals surface area contributed by atoms with Crippen molar-refractivity contribution < 1.29 is 9.53 Å². The van der Waals surface area contributed by atoms with Gasteiger partial charge in [-0.2, -0.15) is 0 Å². The zero-order valence-corrected chi connectivity index (χ0v) is 13.0. The molecule has 1 aliphatic rings. The van der Waals surface area contributed by atoms with E-state index in [-0.39, 0.29) is 5.91 Å². The first-order valence-corrected chi connectivity index (χ1v) is 7.87. The van der Waals surface area contributed by atoms with Crippen molar-refractivity contribution in [1.29, 1.82) is 0 Å². The second-order valence-electron chi connectivity index (χ2n) is 5.37. The quantitative estimate of drug-likeness (QED) is 0.793. The van der Waals surface area contributed by atoms with Gasteiger partial charge in [-0.05, 0) is 25.0 Å². The summed E-state index contributed by atoms with van der Waals surface area (Å²) in [7, 11) is 0. The molecule has 0 aliphatic heterocycles. The summed E-state index contributed by atoms with van der Waals surface area (Å²) in [6, 6.07) is 7.25. The lowest BCUT2D eigenvalue weighted by Gasteiger charge is -2.21. The van der Waals surface area contributed by atoms with E-state index in [2.05, 4.69) is 5.32 Å². The second kappa shape index (κ2) is 8.10. The van der Waals surface area contributed by atoms with Crippen LogP contribution in [-0.2, 0) is 9.53 Å². The number of thiocarbonyl (C=S) groups is 1. The van der Waals surface area contributed by atoms with Crippen LogP contribution in [-0.4, -0.2) is 23.6 Å². The van der Waals surface area contributed by atoms with Gasteiger partial charge >= 0.3 is 0 Å². The van der Waals surface area contributed by atoms with E-state index >= 15 is 0 Å². The molecule has 2 rings (SSSR count).